The number of aryl methyl sites for hydroxylation is 2. The van der Waals surface area contributed by atoms with Crippen molar-refractivity contribution in [2.24, 2.45) is 0 Å². The average Bonchev–Trinajstić information content (AvgIpc) is 2.36. The molecule has 0 fully saturated rings. The lowest BCUT2D eigenvalue weighted by atomic mass is 10.2. The van der Waals surface area contributed by atoms with Gasteiger partial charge in [-0.05, 0) is 50.2 Å². The smallest absolute Gasteiger partial charge is 0.0548 e. The van der Waals surface area contributed by atoms with Gasteiger partial charge in [-0.3, -0.25) is 0 Å². The van der Waals surface area contributed by atoms with Crippen LogP contribution in [-0.4, -0.2) is 7.05 Å². The monoisotopic (exact) mass is 291 g/mol. The van der Waals surface area contributed by atoms with Crippen LogP contribution in [0.4, 0.5) is 0 Å². The molecule has 0 aliphatic carbocycles. The molecule has 2 aromatic rings. The minimum absolute atomic E-state index is 0.817. The van der Waals surface area contributed by atoms with Crippen molar-refractivity contribution in [2.45, 2.75) is 30.2 Å². The SMILES string of the molecule is CNCc1ccc(Sc2ccc(C)cc2C)c(Cl)c1. The van der Waals surface area contributed by atoms with Crippen LogP contribution in [0.3, 0.4) is 0 Å². The molecular weight excluding hydrogens is 274 g/mol. The van der Waals surface area contributed by atoms with Gasteiger partial charge in [0.1, 0.15) is 0 Å². The molecule has 0 radical (unpaired) electrons. The van der Waals surface area contributed by atoms with Crippen molar-refractivity contribution in [2.75, 3.05) is 7.05 Å². The first-order chi connectivity index (χ1) is 9.10. The molecule has 1 nitrogen and oxygen atoms in total. The van der Waals surface area contributed by atoms with Crippen molar-refractivity contribution in [3.63, 3.8) is 0 Å². The molecule has 0 spiro atoms. The van der Waals surface area contributed by atoms with E-state index in [2.05, 4.69) is 49.5 Å². The maximum absolute atomic E-state index is 6.35. The van der Waals surface area contributed by atoms with E-state index in [1.807, 2.05) is 13.1 Å². The van der Waals surface area contributed by atoms with Gasteiger partial charge in [0.15, 0.2) is 0 Å². The Morgan fingerprint density at radius 2 is 1.79 bits per heavy atom. The molecule has 1 N–H and O–H groups in total. The van der Waals surface area contributed by atoms with E-state index in [-0.39, 0.29) is 0 Å². The molecule has 0 unspecified atom stereocenters. The van der Waals surface area contributed by atoms with Crippen LogP contribution in [0.15, 0.2) is 46.2 Å². The minimum Gasteiger partial charge on any atom is -0.316 e. The average molecular weight is 292 g/mol. The van der Waals surface area contributed by atoms with Crippen molar-refractivity contribution >= 4 is 23.4 Å². The Morgan fingerprint density at radius 3 is 2.42 bits per heavy atom. The number of hydrogen-bond acceptors (Lipinski definition) is 2. The summed E-state index contributed by atoms with van der Waals surface area (Å²) in [7, 11) is 1.94. The summed E-state index contributed by atoms with van der Waals surface area (Å²) in [4.78, 5) is 2.36. The second-order valence-electron chi connectivity index (χ2n) is 4.67. The van der Waals surface area contributed by atoms with E-state index < -0.39 is 0 Å². The predicted octanol–water partition coefficient (Wildman–Crippen LogP) is 4.83. The highest BCUT2D eigenvalue weighted by Gasteiger charge is 2.06. The molecule has 0 aliphatic rings. The van der Waals surface area contributed by atoms with E-state index >= 15 is 0 Å². The van der Waals surface area contributed by atoms with Crippen LogP contribution < -0.4 is 5.32 Å². The van der Waals surface area contributed by atoms with Crippen LogP contribution in [-0.2, 0) is 6.54 Å². The number of nitrogens with one attached hydrogen (secondary N) is 1. The lowest BCUT2D eigenvalue weighted by Gasteiger charge is -2.09. The molecule has 100 valence electrons. The summed E-state index contributed by atoms with van der Waals surface area (Å²) in [6.07, 6.45) is 0. The molecule has 0 saturated carbocycles. The van der Waals surface area contributed by atoms with E-state index in [1.54, 1.807) is 11.8 Å². The summed E-state index contributed by atoms with van der Waals surface area (Å²) in [5, 5.41) is 3.95. The maximum Gasteiger partial charge on any atom is 0.0548 e. The molecule has 0 atom stereocenters. The third-order valence-corrected chi connectivity index (χ3v) is 4.61. The standard InChI is InChI=1S/C16H18ClNS/c1-11-4-6-15(12(2)8-11)19-16-7-5-13(10-18-3)9-14(16)17/h4-9,18H,10H2,1-3H3. The van der Waals surface area contributed by atoms with Crippen LogP contribution in [0.5, 0.6) is 0 Å². The van der Waals surface area contributed by atoms with E-state index in [0.717, 1.165) is 16.5 Å². The molecular formula is C16H18ClNS. The zero-order chi connectivity index (χ0) is 13.8. The number of rotatable bonds is 4. The van der Waals surface area contributed by atoms with Crippen LogP contribution in [0, 0.1) is 13.8 Å². The summed E-state index contributed by atoms with van der Waals surface area (Å²) in [6, 6.07) is 12.7. The van der Waals surface area contributed by atoms with E-state index in [4.69, 9.17) is 11.6 Å². The summed E-state index contributed by atoms with van der Waals surface area (Å²) < 4.78 is 0. The number of benzene rings is 2. The fourth-order valence-electron chi connectivity index (χ4n) is 1.97. The van der Waals surface area contributed by atoms with Crippen molar-refractivity contribution in [3.8, 4) is 0 Å². The van der Waals surface area contributed by atoms with Crippen LogP contribution >= 0.6 is 23.4 Å². The molecule has 0 amide bonds. The van der Waals surface area contributed by atoms with Crippen LogP contribution in [0.2, 0.25) is 5.02 Å². The summed E-state index contributed by atoms with van der Waals surface area (Å²) in [6.45, 7) is 5.09. The lowest BCUT2D eigenvalue weighted by molar-refractivity contribution is 0.817. The quantitative estimate of drug-likeness (QED) is 0.866. The van der Waals surface area contributed by atoms with E-state index in [9.17, 15) is 0 Å². The first kappa shape index (κ1) is 14.4. The second kappa shape index (κ2) is 6.47. The topological polar surface area (TPSA) is 12.0 Å². The van der Waals surface area contributed by atoms with Crippen molar-refractivity contribution in [1.29, 1.82) is 0 Å². The Labute approximate surface area is 124 Å². The van der Waals surface area contributed by atoms with E-state index in [0.29, 0.717) is 0 Å². The highest BCUT2D eigenvalue weighted by molar-refractivity contribution is 7.99. The number of hydrogen-bond donors (Lipinski definition) is 1. The zero-order valence-electron chi connectivity index (χ0n) is 11.5. The highest BCUT2D eigenvalue weighted by Crippen LogP contribution is 2.35. The van der Waals surface area contributed by atoms with Crippen LogP contribution in [0.1, 0.15) is 16.7 Å². The van der Waals surface area contributed by atoms with E-state index in [1.165, 1.54) is 21.6 Å². The van der Waals surface area contributed by atoms with Gasteiger partial charge in [-0.1, -0.05) is 47.1 Å². The Morgan fingerprint density at radius 1 is 1.05 bits per heavy atom. The van der Waals surface area contributed by atoms with Gasteiger partial charge >= 0.3 is 0 Å². The normalized spacial score (nSPS) is 10.7. The third-order valence-electron chi connectivity index (χ3n) is 2.93. The Bertz CT molecular complexity index is 581. The Kier molecular flexibility index (Phi) is 4.92. The van der Waals surface area contributed by atoms with Gasteiger partial charge in [-0.2, -0.15) is 0 Å². The first-order valence-corrected chi connectivity index (χ1v) is 7.47. The van der Waals surface area contributed by atoms with Gasteiger partial charge < -0.3 is 5.32 Å². The number of halogens is 1. The molecule has 19 heavy (non-hydrogen) atoms. The molecule has 0 heterocycles. The predicted molar refractivity (Wildman–Crippen MR) is 84.3 cm³/mol. The highest BCUT2D eigenvalue weighted by atomic mass is 35.5. The molecule has 3 heteroatoms. The second-order valence-corrected chi connectivity index (χ2v) is 6.16. The van der Waals surface area contributed by atoms with Gasteiger partial charge in [0, 0.05) is 16.3 Å². The van der Waals surface area contributed by atoms with Gasteiger partial charge in [0.2, 0.25) is 0 Å². The summed E-state index contributed by atoms with van der Waals surface area (Å²) >= 11 is 8.07. The molecule has 0 saturated heterocycles. The fourth-order valence-corrected chi connectivity index (χ4v) is 3.18. The lowest BCUT2D eigenvalue weighted by Crippen LogP contribution is -2.04. The first-order valence-electron chi connectivity index (χ1n) is 6.28. The molecule has 2 aromatic carbocycles. The van der Waals surface area contributed by atoms with Gasteiger partial charge in [0.05, 0.1) is 5.02 Å². The van der Waals surface area contributed by atoms with Gasteiger partial charge in [-0.25, -0.2) is 0 Å². The van der Waals surface area contributed by atoms with Crippen LogP contribution in [0.25, 0.3) is 0 Å². The van der Waals surface area contributed by atoms with Gasteiger partial charge in [0.25, 0.3) is 0 Å². The zero-order valence-corrected chi connectivity index (χ0v) is 13.0. The van der Waals surface area contributed by atoms with Crippen molar-refractivity contribution < 1.29 is 0 Å². The maximum atomic E-state index is 6.35. The molecule has 0 aromatic heterocycles. The minimum atomic E-state index is 0.817. The molecule has 0 aliphatic heterocycles. The molecule has 2 rings (SSSR count). The summed E-state index contributed by atoms with van der Waals surface area (Å²) in [5.74, 6) is 0. The van der Waals surface area contributed by atoms with Crippen molar-refractivity contribution in [1.82, 2.24) is 5.32 Å². The fraction of sp³-hybridized carbons (Fsp3) is 0.250. The Balaban J connectivity index is 2.23. The third kappa shape index (κ3) is 3.75. The van der Waals surface area contributed by atoms with Crippen molar-refractivity contribution in [3.05, 3.63) is 58.1 Å². The molecule has 0 bridgehead atoms. The summed E-state index contributed by atoms with van der Waals surface area (Å²) in [5.41, 5.74) is 3.79. The largest absolute Gasteiger partial charge is 0.316 e. The van der Waals surface area contributed by atoms with Gasteiger partial charge in [-0.15, -0.1) is 0 Å². The Hall–Kier alpha value is -0.960.